The summed E-state index contributed by atoms with van der Waals surface area (Å²) in [4.78, 5) is 8.04. The summed E-state index contributed by atoms with van der Waals surface area (Å²) < 4.78 is 0. The molecule has 13 heavy (non-hydrogen) atoms. The molecule has 3 nitrogen and oxygen atoms in total. The molecule has 0 radical (unpaired) electrons. The van der Waals surface area contributed by atoms with Gasteiger partial charge < -0.3 is 5.32 Å². The van der Waals surface area contributed by atoms with Gasteiger partial charge in [0, 0.05) is 11.7 Å². The second-order valence-corrected chi connectivity index (χ2v) is 4.22. The first kappa shape index (κ1) is 8.48. The van der Waals surface area contributed by atoms with Crippen LogP contribution in [0.3, 0.4) is 0 Å². The van der Waals surface area contributed by atoms with Gasteiger partial charge in [-0.15, -0.1) is 0 Å². The molecule has 0 bridgehead atoms. The first-order valence-corrected chi connectivity index (χ1v) is 4.73. The molecular weight excluding hydrogens is 162 g/mol. The average molecular weight is 177 g/mol. The summed E-state index contributed by atoms with van der Waals surface area (Å²) in [6.45, 7) is 4.46. The quantitative estimate of drug-likeness (QED) is 0.768. The van der Waals surface area contributed by atoms with Crippen molar-refractivity contribution in [2.45, 2.75) is 32.2 Å². The summed E-state index contributed by atoms with van der Waals surface area (Å²) in [5, 5.41) is 3.43. The fourth-order valence-corrected chi connectivity index (χ4v) is 1.60. The van der Waals surface area contributed by atoms with E-state index < -0.39 is 0 Å². The van der Waals surface area contributed by atoms with Gasteiger partial charge in [-0.05, 0) is 38.7 Å². The summed E-state index contributed by atoms with van der Waals surface area (Å²) in [7, 11) is 0. The number of rotatable bonds is 3. The highest BCUT2D eigenvalue weighted by molar-refractivity contribution is 5.35. The zero-order valence-corrected chi connectivity index (χ0v) is 8.12. The molecule has 1 N–H and O–H groups in total. The first-order valence-electron chi connectivity index (χ1n) is 4.73. The summed E-state index contributed by atoms with van der Waals surface area (Å²) >= 11 is 0. The molecule has 0 aromatic carbocycles. The number of nitrogens with one attached hydrogen (secondary N) is 1. The minimum atomic E-state index is 0.175. The Morgan fingerprint density at radius 3 is 2.77 bits per heavy atom. The lowest BCUT2D eigenvalue weighted by molar-refractivity contribution is 0.492. The third-order valence-electron chi connectivity index (χ3n) is 2.63. The Morgan fingerprint density at radius 2 is 2.23 bits per heavy atom. The summed E-state index contributed by atoms with van der Waals surface area (Å²) in [5.74, 6) is 1.73. The Labute approximate surface area is 78.6 Å². The SMILES string of the molecule is CC(C)(Nc1ccncn1)C1CC1. The van der Waals surface area contributed by atoms with Crippen molar-refractivity contribution in [3.8, 4) is 0 Å². The molecule has 0 unspecified atom stereocenters. The minimum absolute atomic E-state index is 0.175. The molecule has 0 atom stereocenters. The van der Waals surface area contributed by atoms with E-state index in [1.165, 1.54) is 12.8 Å². The van der Waals surface area contributed by atoms with Gasteiger partial charge in [0.1, 0.15) is 12.1 Å². The summed E-state index contributed by atoms with van der Waals surface area (Å²) in [5.41, 5.74) is 0.175. The van der Waals surface area contributed by atoms with Crippen molar-refractivity contribution >= 4 is 5.82 Å². The molecule has 1 aromatic heterocycles. The molecule has 0 saturated heterocycles. The Balaban J connectivity index is 2.04. The average Bonchev–Trinajstić information content (AvgIpc) is 2.87. The van der Waals surface area contributed by atoms with Gasteiger partial charge in [-0.25, -0.2) is 9.97 Å². The summed E-state index contributed by atoms with van der Waals surface area (Å²) in [6.07, 6.45) is 6.01. The first-order chi connectivity index (χ1) is 6.18. The maximum Gasteiger partial charge on any atom is 0.129 e. The van der Waals surface area contributed by atoms with Crippen LogP contribution in [0.15, 0.2) is 18.6 Å². The second kappa shape index (κ2) is 2.98. The molecule has 0 amide bonds. The molecule has 1 aliphatic carbocycles. The number of aromatic nitrogens is 2. The van der Waals surface area contributed by atoms with Crippen LogP contribution in [-0.2, 0) is 0 Å². The lowest BCUT2D eigenvalue weighted by Crippen LogP contribution is -2.33. The predicted octanol–water partition coefficient (Wildman–Crippen LogP) is 2.08. The number of hydrogen-bond donors (Lipinski definition) is 1. The molecule has 1 aromatic rings. The van der Waals surface area contributed by atoms with Crippen molar-refractivity contribution in [1.82, 2.24) is 9.97 Å². The molecule has 3 heteroatoms. The van der Waals surface area contributed by atoms with Gasteiger partial charge in [0.05, 0.1) is 0 Å². The van der Waals surface area contributed by atoms with Gasteiger partial charge >= 0.3 is 0 Å². The summed E-state index contributed by atoms with van der Waals surface area (Å²) in [6, 6.07) is 1.91. The topological polar surface area (TPSA) is 37.8 Å². The van der Waals surface area contributed by atoms with Gasteiger partial charge in [-0.3, -0.25) is 0 Å². The zero-order valence-electron chi connectivity index (χ0n) is 8.12. The van der Waals surface area contributed by atoms with Crippen LogP contribution in [0.2, 0.25) is 0 Å². The Hall–Kier alpha value is -1.12. The van der Waals surface area contributed by atoms with Crippen LogP contribution in [0.25, 0.3) is 0 Å². The van der Waals surface area contributed by atoms with Gasteiger partial charge in [0.25, 0.3) is 0 Å². The van der Waals surface area contributed by atoms with E-state index in [2.05, 4.69) is 29.1 Å². The monoisotopic (exact) mass is 177 g/mol. The van der Waals surface area contributed by atoms with Gasteiger partial charge in [0.2, 0.25) is 0 Å². The number of anilines is 1. The Kier molecular flexibility index (Phi) is 1.94. The molecular formula is C10H15N3. The molecule has 1 fully saturated rings. The van der Waals surface area contributed by atoms with E-state index in [-0.39, 0.29) is 5.54 Å². The van der Waals surface area contributed by atoms with Crippen molar-refractivity contribution in [2.75, 3.05) is 5.32 Å². The normalized spacial score (nSPS) is 17.1. The lowest BCUT2D eigenvalue weighted by Gasteiger charge is -2.26. The van der Waals surface area contributed by atoms with E-state index in [9.17, 15) is 0 Å². The fourth-order valence-electron chi connectivity index (χ4n) is 1.60. The minimum Gasteiger partial charge on any atom is -0.365 e. The molecule has 0 aliphatic heterocycles. The molecule has 1 heterocycles. The third-order valence-corrected chi connectivity index (χ3v) is 2.63. The van der Waals surface area contributed by atoms with Gasteiger partial charge in [-0.2, -0.15) is 0 Å². The molecule has 1 saturated carbocycles. The van der Waals surface area contributed by atoms with E-state index in [1.807, 2.05) is 6.07 Å². The van der Waals surface area contributed by atoms with Gasteiger partial charge in [0.15, 0.2) is 0 Å². The van der Waals surface area contributed by atoms with Crippen LogP contribution in [0, 0.1) is 5.92 Å². The van der Waals surface area contributed by atoms with Crippen molar-refractivity contribution in [2.24, 2.45) is 5.92 Å². The highest BCUT2D eigenvalue weighted by Gasteiger charge is 2.37. The van der Waals surface area contributed by atoms with Crippen molar-refractivity contribution in [1.29, 1.82) is 0 Å². The van der Waals surface area contributed by atoms with Gasteiger partial charge in [-0.1, -0.05) is 0 Å². The maximum absolute atomic E-state index is 4.15. The van der Waals surface area contributed by atoms with Crippen LogP contribution in [0.1, 0.15) is 26.7 Å². The predicted molar refractivity (Wildman–Crippen MR) is 52.5 cm³/mol. The van der Waals surface area contributed by atoms with Crippen LogP contribution in [-0.4, -0.2) is 15.5 Å². The smallest absolute Gasteiger partial charge is 0.129 e. The molecule has 1 aliphatic rings. The number of hydrogen-bond acceptors (Lipinski definition) is 3. The Bertz CT molecular complexity index is 277. The maximum atomic E-state index is 4.15. The van der Waals surface area contributed by atoms with E-state index in [0.717, 1.165) is 11.7 Å². The van der Waals surface area contributed by atoms with Crippen LogP contribution >= 0.6 is 0 Å². The van der Waals surface area contributed by atoms with Crippen LogP contribution < -0.4 is 5.32 Å². The Morgan fingerprint density at radius 1 is 1.46 bits per heavy atom. The third kappa shape index (κ3) is 1.97. The second-order valence-electron chi connectivity index (χ2n) is 4.22. The highest BCUT2D eigenvalue weighted by Crippen LogP contribution is 2.40. The standard InChI is InChI=1S/C10H15N3/c1-10(2,8-3-4-8)13-9-5-6-11-7-12-9/h5-8H,3-4H2,1-2H3,(H,11,12,13). The van der Waals surface area contributed by atoms with Crippen molar-refractivity contribution in [3.05, 3.63) is 18.6 Å². The molecule has 0 spiro atoms. The van der Waals surface area contributed by atoms with E-state index in [0.29, 0.717) is 0 Å². The van der Waals surface area contributed by atoms with Crippen molar-refractivity contribution in [3.63, 3.8) is 0 Å². The lowest BCUT2D eigenvalue weighted by atomic mass is 9.99. The highest BCUT2D eigenvalue weighted by atomic mass is 15.1. The largest absolute Gasteiger partial charge is 0.365 e. The molecule has 2 rings (SSSR count). The van der Waals surface area contributed by atoms with Crippen molar-refractivity contribution < 1.29 is 0 Å². The van der Waals surface area contributed by atoms with E-state index >= 15 is 0 Å². The van der Waals surface area contributed by atoms with Crippen LogP contribution in [0.4, 0.5) is 5.82 Å². The number of nitrogens with zero attached hydrogens (tertiary/aromatic N) is 2. The van der Waals surface area contributed by atoms with Crippen LogP contribution in [0.5, 0.6) is 0 Å². The van der Waals surface area contributed by atoms with E-state index in [1.54, 1.807) is 12.5 Å². The fraction of sp³-hybridized carbons (Fsp3) is 0.600. The zero-order chi connectivity index (χ0) is 9.31. The van der Waals surface area contributed by atoms with E-state index in [4.69, 9.17) is 0 Å². The molecule has 70 valence electrons.